The molecule has 0 atom stereocenters. The minimum absolute atomic E-state index is 0. The fourth-order valence-corrected chi connectivity index (χ4v) is 2.75. The van der Waals surface area contributed by atoms with Gasteiger partial charge in [-0.1, -0.05) is 12.1 Å². The van der Waals surface area contributed by atoms with E-state index in [0.29, 0.717) is 17.2 Å². The molecule has 5 nitrogen and oxygen atoms in total. The van der Waals surface area contributed by atoms with Crippen LogP contribution in [0.15, 0.2) is 36.5 Å². The highest BCUT2D eigenvalue weighted by molar-refractivity contribution is 5.99. The number of carbonyl (C=O) groups excluding carboxylic acids is 1. The molecular weight excluding hydrogens is 323 g/mol. The van der Waals surface area contributed by atoms with E-state index in [4.69, 9.17) is 5.73 Å². The van der Waals surface area contributed by atoms with Gasteiger partial charge in [0.15, 0.2) is 0 Å². The summed E-state index contributed by atoms with van der Waals surface area (Å²) in [5, 5.41) is 7.01. The molecule has 0 saturated carbocycles. The molecule has 1 aromatic carbocycles. The van der Waals surface area contributed by atoms with Crippen LogP contribution in [-0.2, 0) is 0 Å². The molecule has 1 aliphatic rings. The number of nitrogens with one attached hydrogen (secondary N) is 1. The molecule has 2 aromatic rings. The number of hydrogen-bond acceptors (Lipinski definition) is 3. The summed E-state index contributed by atoms with van der Waals surface area (Å²) in [5.41, 5.74) is 8.19. The third kappa shape index (κ3) is 3.72. The van der Waals surface area contributed by atoms with E-state index in [2.05, 4.69) is 10.2 Å². The number of aromatic nitrogens is 2. The van der Waals surface area contributed by atoms with Gasteiger partial charge >= 0.3 is 0 Å². The fourth-order valence-electron chi connectivity index (χ4n) is 2.75. The molecule has 1 saturated heterocycles. The van der Waals surface area contributed by atoms with Crippen molar-refractivity contribution in [2.45, 2.75) is 18.8 Å². The zero-order valence-electron chi connectivity index (χ0n) is 12.1. The van der Waals surface area contributed by atoms with Crippen LogP contribution in [0, 0.1) is 0 Å². The number of rotatable bonds is 2. The van der Waals surface area contributed by atoms with Gasteiger partial charge in [-0.15, -0.1) is 24.8 Å². The van der Waals surface area contributed by atoms with Gasteiger partial charge in [0.05, 0.1) is 5.56 Å². The lowest BCUT2D eigenvalue weighted by Crippen LogP contribution is -2.38. The van der Waals surface area contributed by atoms with Gasteiger partial charge in [0.2, 0.25) is 0 Å². The molecule has 7 heteroatoms. The summed E-state index contributed by atoms with van der Waals surface area (Å²) in [6.45, 7) is 1.52. The van der Waals surface area contributed by atoms with Crippen LogP contribution in [0.5, 0.6) is 0 Å². The maximum atomic E-state index is 12.4. The summed E-state index contributed by atoms with van der Waals surface area (Å²) in [6, 6.07) is 9.26. The molecule has 120 valence electrons. The van der Waals surface area contributed by atoms with Gasteiger partial charge in [-0.3, -0.25) is 9.89 Å². The highest BCUT2D eigenvalue weighted by atomic mass is 35.5. The highest BCUT2D eigenvalue weighted by Gasteiger charge is 2.25. The van der Waals surface area contributed by atoms with Gasteiger partial charge < -0.3 is 10.6 Å². The highest BCUT2D eigenvalue weighted by Crippen LogP contribution is 2.27. The number of nitrogens with two attached hydrogens (primary N) is 1. The summed E-state index contributed by atoms with van der Waals surface area (Å²) >= 11 is 0. The van der Waals surface area contributed by atoms with Crippen molar-refractivity contribution in [1.29, 1.82) is 0 Å². The first-order valence-corrected chi connectivity index (χ1v) is 6.89. The molecule has 3 rings (SSSR count). The standard InChI is InChI=1S/C15H18N4O.2ClH/c16-13-4-2-1-3-12(13)15(20)19-9-6-11(7-10-19)14-5-8-17-18-14;;/h1-5,8,11H,6-7,9-10,16H2,(H,17,18);2*1H. The Morgan fingerprint density at radius 1 is 1.18 bits per heavy atom. The van der Waals surface area contributed by atoms with Crippen molar-refractivity contribution >= 4 is 36.4 Å². The van der Waals surface area contributed by atoms with Crippen LogP contribution in [0.1, 0.15) is 34.8 Å². The Bertz CT molecular complexity index is 595. The number of aromatic amines is 1. The first-order valence-electron chi connectivity index (χ1n) is 6.89. The summed E-state index contributed by atoms with van der Waals surface area (Å²) in [7, 11) is 0. The smallest absolute Gasteiger partial charge is 0.255 e. The number of hydrogen-bond donors (Lipinski definition) is 2. The Morgan fingerprint density at radius 3 is 2.45 bits per heavy atom. The molecule has 1 fully saturated rings. The third-order valence-electron chi connectivity index (χ3n) is 3.94. The van der Waals surface area contributed by atoms with E-state index in [0.717, 1.165) is 31.6 Å². The van der Waals surface area contributed by atoms with E-state index < -0.39 is 0 Å². The van der Waals surface area contributed by atoms with Crippen LogP contribution in [0.25, 0.3) is 0 Å². The monoisotopic (exact) mass is 342 g/mol. The van der Waals surface area contributed by atoms with Crippen molar-refractivity contribution < 1.29 is 4.79 Å². The van der Waals surface area contributed by atoms with E-state index in [1.807, 2.05) is 23.1 Å². The first-order chi connectivity index (χ1) is 9.75. The van der Waals surface area contributed by atoms with Gasteiger partial charge in [0, 0.05) is 36.6 Å². The number of para-hydroxylation sites is 1. The lowest BCUT2D eigenvalue weighted by atomic mass is 9.93. The zero-order chi connectivity index (χ0) is 13.9. The molecular formula is C15H20Cl2N4O. The SMILES string of the molecule is Cl.Cl.Nc1ccccc1C(=O)N1CCC(c2ccn[nH]2)CC1. The summed E-state index contributed by atoms with van der Waals surface area (Å²) in [5.74, 6) is 0.501. The van der Waals surface area contributed by atoms with Crippen LogP contribution in [0.4, 0.5) is 5.69 Å². The van der Waals surface area contributed by atoms with Gasteiger partial charge in [0.1, 0.15) is 0 Å². The fraction of sp³-hybridized carbons (Fsp3) is 0.333. The normalized spacial score (nSPS) is 14.8. The van der Waals surface area contributed by atoms with Crippen molar-refractivity contribution in [3.8, 4) is 0 Å². The second-order valence-electron chi connectivity index (χ2n) is 5.17. The van der Waals surface area contributed by atoms with Crippen LogP contribution in [-0.4, -0.2) is 34.1 Å². The summed E-state index contributed by atoms with van der Waals surface area (Å²) in [6.07, 6.45) is 3.69. The van der Waals surface area contributed by atoms with E-state index in [1.165, 1.54) is 0 Å². The molecule has 0 bridgehead atoms. The maximum Gasteiger partial charge on any atom is 0.255 e. The van der Waals surface area contributed by atoms with E-state index in [-0.39, 0.29) is 30.7 Å². The van der Waals surface area contributed by atoms with Crippen LogP contribution >= 0.6 is 24.8 Å². The number of anilines is 1. The van der Waals surface area contributed by atoms with Gasteiger partial charge in [-0.25, -0.2) is 0 Å². The second-order valence-corrected chi connectivity index (χ2v) is 5.17. The van der Waals surface area contributed by atoms with Gasteiger partial charge in [-0.05, 0) is 31.0 Å². The molecule has 1 aliphatic heterocycles. The number of benzene rings is 1. The van der Waals surface area contributed by atoms with Crippen LogP contribution in [0.3, 0.4) is 0 Å². The Labute approximate surface area is 142 Å². The molecule has 0 unspecified atom stereocenters. The molecule has 0 radical (unpaired) electrons. The predicted octanol–water partition coefficient (Wildman–Crippen LogP) is 2.86. The van der Waals surface area contributed by atoms with Crippen LogP contribution < -0.4 is 5.73 Å². The van der Waals surface area contributed by atoms with Crippen molar-refractivity contribution in [3.63, 3.8) is 0 Å². The number of likely N-dealkylation sites (tertiary alicyclic amines) is 1. The van der Waals surface area contributed by atoms with Crippen molar-refractivity contribution in [3.05, 3.63) is 47.8 Å². The number of nitrogen functional groups attached to an aromatic ring is 1. The number of carbonyl (C=O) groups is 1. The number of piperidine rings is 1. The number of nitrogens with zero attached hydrogens (tertiary/aromatic N) is 2. The molecule has 0 aliphatic carbocycles. The van der Waals surface area contributed by atoms with Crippen molar-refractivity contribution in [1.82, 2.24) is 15.1 Å². The summed E-state index contributed by atoms with van der Waals surface area (Å²) in [4.78, 5) is 14.3. The Morgan fingerprint density at radius 2 is 1.86 bits per heavy atom. The molecule has 1 amide bonds. The van der Waals surface area contributed by atoms with Crippen molar-refractivity contribution in [2.75, 3.05) is 18.8 Å². The zero-order valence-corrected chi connectivity index (χ0v) is 13.7. The summed E-state index contributed by atoms with van der Waals surface area (Å²) < 4.78 is 0. The quantitative estimate of drug-likeness (QED) is 0.824. The Hall–Kier alpha value is -1.72. The number of H-pyrrole nitrogens is 1. The lowest BCUT2D eigenvalue weighted by molar-refractivity contribution is 0.0713. The van der Waals surface area contributed by atoms with E-state index in [9.17, 15) is 4.79 Å². The average Bonchev–Trinajstić information content (AvgIpc) is 3.01. The maximum absolute atomic E-state index is 12.4. The Balaban J connectivity index is 0.00000121. The molecule has 0 spiro atoms. The van der Waals surface area contributed by atoms with Gasteiger partial charge in [0.25, 0.3) is 5.91 Å². The molecule has 3 N–H and O–H groups in total. The number of amides is 1. The van der Waals surface area contributed by atoms with Crippen molar-refractivity contribution in [2.24, 2.45) is 0 Å². The third-order valence-corrected chi connectivity index (χ3v) is 3.94. The predicted molar refractivity (Wildman–Crippen MR) is 91.8 cm³/mol. The molecule has 1 aromatic heterocycles. The van der Waals surface area contributed by atoms with E-state index >= 15 is 0 Å². The Kier molecular flexibility index (Phi) is 6.71. The largest absolute Gasteiger partial charge is 0.398 e. The topological polar surface area (TPSA) is 75.0 Å². The minimum Gasteiger partial charge on any atom is -0.398 e. The molecule has 22 heavy (non-hydrogen) atoms. The van der Waals surface area contributed by atoms with E-state index in [1.54, 1.807) is 18.3 Å². The average molecular weight is 343 g/mol. The van der Waals surface area contributed by atoms with Crippen LogP contribution in [0.2, 0.25) is 0 Å². The van der Waals surface area contributed by atoms with Gasteiger partial charge in [-0.2, -0.15) is 5.10 Å². The second kappa shape index (κ2) is 8.06. The molecule has 2 heterocycles. The minimum atomic E-state index is 0. The first kappa shape index (κ1) is 18.3. The number of halogens is 2. The lowest BCUT2D eigenvalue weighted by Gasteiger charge is -2.31.